The summed E-state index contributed by atoms with van der Waals surface area (Å²) in [6.07, 6.45) is -27.3. The number of carbonyl (C=O) groups excluding carboxylic acids is 1. The van der Waals surface area contributed by atoms with Crippen LogP contribution in [0.15, 0.2) is 11.1 Å². The fourth-order valence-electron chi connectivity index (χ4n) is 16.4. The Hall–Kier alpha value is -1.67. The number of carbonyl (C=O) groups is 1. The predicted molar refractivity (Wildman–Crippen MR) is 258 cm³/mol. The monoisotopic (exact) mass is 1100 g/mol. The second-order valence-corrected chi connectivity index (χ2v) is 25.2. The zero-order valence-corrected chi connectivity index (χ0v) is 44.9. The molecule has 77 heavy (non-hydrogen) atoms. The number of esters is 1. The van der Waals surface area contributed by atoms with Crippen molar-refractivity contribution in [3.8, 4) is 0 Å². The van der Waals surface area contributed by atoms with Crippen LogP contribution < -0.4 is 0 Å². The van der Waals surface area contributed by atoms with Gasteiger partial charge in [0.25, 0.3) is 0 Å². The Labute approximate surface area is 447 Å². The minimum Gasteiger partial charge on any atom is -0.430 e. The zero-order valence-electron chi connectivity index (χ0n) is 44.9. The van der Waals surface area contributed by atoms with Crippen LogP contribution in [0.3, 0.4) is 0 Å². The molecule has 4 aliphatic carbocycles. The molecule has 6 heterocycles. The van der Waals surface area contributed by atoms with Gasteiger partial charge in [-0.15, -0.1) is 0 Å². The first-order valence-electron chi connectivity index (χ1n) is 27.7. The van der Waals surface area contributed by atoms with Crippen LogP contribution in [-0.2, 0) is 52.2 Å². The van der Waals surface area contributed by atoms with Crippen LogP contribution in [0, 0.1) is 39.4 Å². The predicted octanol–water partition coefficient (Wildman–Crippen LogP) is -2.54. The van der Waals surface area contributed by atoms with Crippen LogP contribution in [0.1, 0.15) is 106 Å². The molecular formula is C53H84O24. The summed E-state index contributed by atoms with van der Waals surface area (Å²) in [6, 6.07) is 0. The van der Waals surface area contributed by atoms with Gasteiger partial charge < -0.3 is 114 Å². The maximum Gasteiger partial charge on any atom is 0.314 e. The lowest BCUT2D eigenvalue weighted by Gasteiger charge is -2.63. The molecule has 6 saturated heterocycles. The Morgan fingerprint density at radius 1 is 0.623 bits per heavy atom. The molecule has 2 spiro atoms. The second-order valence-electron chi connectivity index (χ2n) is 25.2. The SMILES string of the molecule is C[C@@H]1O[C@@H](O[C@H]2[C@H](O[C@H]3[C@H](OC[C@H]4O[C@@H](O[C@H]5CC[C@]6(C)C7=C(CC[C@H]6[C@@]5(C)CO)[C@]5(C)CC[C@@]6(O[C@@]8(C[C@H]6C)OC(=O)[C@H](C)[C@@H]8O)[C@@]5(C)CC7)[C@H](O)[C@@H](O)[C@@H]4O)OC[C@H](O)[C@@H]3O)O[C@H](CO)[C@@H](O)[C@@H]2O)[C@H](O)[C@H](O)[C@H]1O. The van der Waals surface area contributed by atoms with E-state index in [1.54, 1.807) is 6.92 Å². The molecule has 440 valence electrons. The first-order valence-corrected chi connectivity index (χ1v) is 27.7. The number of aliphatic hydroxyl groups excluding tert-OH is 13. The van der Waals surface area contributed by atoms with Crippen molar-refractivity contribution in [1.82, 2.24) is 0 Å². The average Bonchev–Trinajstić information content (AvgIpc) is 3.89. The highest BCUT2D eigenvalue weighted by molar-refractivity contribution is 5.76. The molecule has 24 heteroatoms. The van der Waals surface area contributed by atoms with E-state index in [0.29, 0.717) is 19.3 Å². The molecule has 10 rings (SSSR count). The summed E-state index contributed by atoms with van der Waals surface area (Å²) in [5, 5.41) is 142. The maximum absolute atomic E-state index is 12.8. The summed E-state index contributed by atoms with van der Waals surface area (Å²) in [7, 11) is 0. The first-order chi connectivity index (χ1) is 36.2. The Balaban J connectivity index is 0.832. The van der Waals surface area contributed by atoms with Gasteiger partial charge in [-0.3, -0.25) is 4.79 Å². The molecule has 0 aromatic rings. The molecule has 10 aliphatic rings. The molecule has 0 aromatic heterocycles. The van der Waals surface area contributed by atoms with Crippen molar-refractivity contribution >= 4 is 5.97 Å². The highest BCUT2D eigenvalue weighted by Crippen LogP contribution is 2.76. The smallest absolute Gasteiger partial charge is 0.314 e. The van der Waals surface area contributed by atoms with E-state index in [1.807, 2.05) is 6.92 Å². The van der Waals surface area contributed by atoms with Gasteiger partial charge in [-0.1, -0.05) is 45.8 Å². The fourth-order valence-corrected chi connectivity index (χ4v) is 16.4. The van der Waals surface area contributed by atoms with Gasteiger partial charge in [-0.05, 0) is 87.9 Å². The number of allylic oxidation sites excluding steroid dienone is 2. The normalized spacial score (nSPS) is 56.8. The minimum absolute atomic E-state index is 0.0149. The quantitative estimate of drug-likeness (QED) is 0.0749. The molecule has 0 radical (unpaired) electrons. The topological polar surface area (TPSA) is 372 Å². The van der Waals surface area contributed by atoms with E-state index in [0.717, 1.165) is 38.5 Å². The molecule has 2 saturated carbocycles. The van der Waals surface area contributed by atoms with E-state index in [1.165, 1.54) is 18.1 Å². The Morgan fingerprint density at radius 2 is 1.26 bits per heavy atom. The summed E-state index contributed by atoms with van der Waals surface area (Å²) < 4.78 is 60.7. The van der Waals surface area contributed by atoms with Crippen molar-refractivity contribution in [2.45, 2.75) is 247 Å². The van der Waals surface area contributed by atoms with E-state index in [2.05, 4.69) is 27.7 Å². The van der Waals surface area contributed by atoms with Crippen molar-refractivity contribution in [3.63, 3.8) is 0 Å². The number of rotatable bonds is 11. The van der Waals surface area contributed by atoms with E-state index in [9.17, 15) is 71.2 Å². The standard InChI is InChI=1S/C53H84O24/c1-21-16-53(42(66)22(2)43(67)76-53)77-52(21)15-14-50(6)25-8-9-29-48(4,24(25)10-13-51(50,52)7)12-11-30(49(29,5)20-55)73-45-39(65)36(62)34(60)28(72-45)19-69-46-40(32(58)26(56)18-68-46)75-47-41(37(63)33(59)27(17-54)71-47)74-44-38(64)35(61)31(57)23(3)70-44/h21-23,26-42,44-47,54-66H,8-20H2,1-7H3/t21-,22-,23+,26+,27-,28-,29-,30+,31+,32+,33-,34-,35-,36+,37+,38-,39-,40-,41-,42+,44+,45+,46+,47+,48-,49-,50+,51+,52+,53-/m1/s1. The molecule has 24 nitrogen and oxygen atoms in total. The third-order valence-electron chi connectivity index (χ3n) is 21.3. The zero-order chi connectivity index (χ0) is 55.9. The molecule has 30 atom stereocenters. The summed E-state index contributed by atoms with van der Waals surface area (Å²) in [5.41, 5.74) is 0.329. The van der Waals surface area contributed by atoms with Gasteiger partial charge in [-0.2, -0.15) is 0 Å². The summed E-state index contributed by atoms with van der Waals surface area (Å²) in [5.74, 6) is -2.57. The third-order valence-corrected chi connectivity index (χ3v) is 21.3. The number of hydrogen-bond donors (Lipinski definition) is 13. The van der Waals surface area contributed by atoms with Crippen LogP contribution in [0.5, 0.6) is 0 Å². The highest BCUT2D eigenvalue weighted by Gasteiger charge is 2.76. The summed E-state index contributed by atoms with van der Waals surface area (Å²) >= 11 is 0. The van der Waals surface area contributed by atoms with Crippen LogP contribution >= 0.6 is 0 Å². The van der Waals surface area contributed by atoms with Crippen molar-refractivity contribution < 1.29 is 119 Å². The van der Waals surface area contributed by atoms with Gasteiger partial charge in [0.05, 0.1) is 50.2 Å². The van der Waals surface area contributed by atoms with Crippen LogP contribution in [0.2, 0.25) is 0 Å². The third kappa shape index (κ3) is 8.87. The van der Waals surface area contributed by atoms with Crippen LogP contribution in [0.4, 0.5) is 0 Å². The molecule has 8 fully saturated rings. The minimum atomic E-state index is -1.92. The lowest BCUT2D eigenvalue weighted by Crippen LogP contribution is -2.66. The molecular weight excluding hydrogens is 1020 g/mol. The lowest BCUT2D eigenvalue weighted by atomic mass is 9.42. The van der Waals surface area contributed by atoms with Gasteiger partial charge in [0.15, 0.2) is 25.2 Å². The maximum atomic E-state index is 12.8. The van der Waals surface area contributed by atoms with Crippen LogP contribution in [-0.4, -0.2) is 239 Å². The van der Waals surface area contributed by atoms with Gasteiger partial charge in [-0.25, -0.2) is 0 Å². The molecule has 6 aliphatic heterocycles. The Morgan fingerprint density at radius 3 is 1.92 bits per heavy atom. The van der Waals surface area contributed by atoms with Gasteiger partial charge in [0.1, 0.15) is 91.6 Å². The largest absolute Gasteiger partial charge is 0.430 e. The van der Waals surface area contributed by atoms with Crippen molar-refractivity contribution in [3.05, 3.63) is 11.1 Å². The van der Waals surface area contributed by atoms with Crippen molar-refractivity contribution in [2.75, 3.05) is 26.4 Å². The molecule has 0 unspecified atom stereocenters. The Bertz CT molecular complexity index is 2190. The number of aliphatic hydroxyl groups is 13. The van der Waals surface area contributed by atoms with E-state index >= 15 is 0 Å². The first kappa shape index (κ1) is 58.5. The molecule has 0 bridgehead atoms. The van der Waals surface area contributed by atoms with Crippen LogP contribution in [0.25, 0.3) is 0 Å². The van der Waals surface area contributed by atoms with Gasteiger partial charge in [0.2, 0.25) is 5.79 Å². The van der Waals surface area contributed by atoms with Crippen molar-refractivity contribution in [2.24, 2.45) is 39.4 Å². The van der Waals surface area contributed by atoms with Crippen molar-refractivity contribution in [1.29, 1.82) is 0 Å². The second kappa shape index (κ2) is 20.9. The number of ether oxygens (including phenoxy) is 10. The lowest BCUT2D eigenvalue weighted by molar-refractivity contribution is -0.390. The van der Waals surface area contributed by atoms with Gasteiger partial charge >= 0.3 is 5.97 Å². The van der Waals surface area contributed by atoms with E-state index < -0.39 is 177 Å². The fraction of sp³-hybridized carbons (Fsp3) is 0.943. The van der Waals surface area contributed by atoms with E-state index in [4.69, 9.17) is 47.4 Å². The summed E-state index contributed by atoms with van der Waals surface area (Å²) in [4.78, 5) is 12.8. The molecule has 0 amide bonds. The van der Waals surface area contributed by atoms with E-state index in [-0.39, 0.29) is 34.7 Å². The molecule has 13 N–H and O–H groups in total. The average molecular weight is 1110 g/mol. The van der Waals surface area contributed by atoms with Gasteiger partial charge in [0, 0.05) is 17.3 Å². The highest BCUT2D eigenvalue weighted by atomic mass is 16.8. The Kier molecular flexibility index (Phi) is 15.9. The molecule has 0 aromatic carbocycles. The number of hydrogen-bond acceptors (Lipinski definition) is 24. The summed E-state index contributed by atoms with van der Waals surface area (Å²) in [6.45, 7) is 11.9. The number of fused-ring (bicyclic) bond motifs is 5.